The van der Waals surface area contributed by atoms with Crippen LogP contribution in [0.2, 0.25) is 10.0 Å². The largest absolute Gasteiger partial charge is 0.272 e. The van der Waals surface area contributed by atoms with Gasteiger partial charge in [-0.15, -0.1) is 0 Å². The van der Waals surface area contributed by atoms with Crippen LogP contribution in [-0.4, -0.2) is 16.6 Å². The summed E-state index contributed by atoms with van der Waals surface area (Å²) in [4.78, 5) is 15.7. The van der Waals surface area contributed by atoms with Gasteiger partial charge >= 0.3 is 0 Å². The number of halogens is 2. The van der Waals surface area contributed by atoms with E-state index < -0.39 is 0 Å². The maximum Gasteiger partial charge on any atom is 0.272 e. The van der Waals surface area contributed by atoms with Crippen LogP contribution < -0.4 is 5.43 Å². The maximum atomic E-state index is 11.8. The highest BCUT2D eigenvalue weighted by Crippen LogP contribution is 2.22. The number of hydrazone groups is 1. The van der Waals surface area contributed by atoms with E-state index in [-0.39, 0.29) is 5.91 Å². The molecule has 0 aliphatic heterocycles. The van der Waals surface area contributed by atoms with Crippen LogP contribution in [0.5, 0.6) is 0 Å². The second-order valence-corrected chi connectivity index (χ2v) is 4.82. The van der Waals surface area contributed by atoms with Crippen molar-refractivity contribution >= 4 is 34.8 Å². The van der Waals surface area contributed by atoms with Crippen LogP contribution >= 0.6 is 23.2 Å². The number of pyridine rings is 1. The summed E-state index contributed by atoms with van der Waals surface area (Å²) in [7, 11) is 0. The van der Waals surface area contributed by atoms with E-state index in [4.69, 9.17) is 23.2 Å². The van der Waals surface area contributed by atoms with Gasteiger partial charge in [-0.25, -0.2) is 5.43 Å². The molecule has 1 aromatic heterocycles. The van der Waals surface area contributed by atoms with E-state index in [9.17, 15) is 4.79 Å². The molecule has 0 aliphatic carbocycles. The Bertz CT molecular complexity index is 657. The van der Waals surface area contributed by atoms with E-state index in [0.717, 1.165) is 5.56 Å². The second-order valence-electron chi connectivity index (χ2n) is 4.01. The number of carbonyl (C=O) groups is 1. The molecule has 0 spiro atoms. The number of nitrogens with zero attached hydrogens (tertiary/aromatic N) is 2. The van der Waals surface area contributed by atoms with E-state index in [1.165, 1.54) is 6.20 Å². The molecule has 4 nitrogen and oxygen atoms in total. The van der Waals surface area contributed by atoms with Crippen molar-refractivity contribution in [2.45, 2.75) is 6.92 Å². The third kappa shape index (κ3) is 3.56. The van der Waals surface area contributed by atoms with Crippen LogP contribution in [0.15, 0.2) is 47.8 Å². The molecule has 0 radical (unpaired) electrons. The normalized spacial score (nSPS) is 11.2. The summed E-state index contributed by atoms with van der Waals surface area (Å²) in [6.07, 6.45) is 3.07. The Morgan fingerprint density at radius 1 is 1.20 bits per heavy atom. The van der Waals surface area contributed by atoms with Gasteiger partial charge in [0.05, 0.1) is 21.3 Å². The number of hydrogen-bond donors (Lipinski definition) is 1. The molecule has 1 N–H and O–H groups in total. The van der Waals surface area contributed by atoms with Gasteiger partial charge in [-0.05, 0) is 36.8 Å². The molecule has 1 aromatic carbocycles. The van der Waals surface area contributed by atoms with Gasteiger partial charge in [-0.1, -0.05) is 29.3 Å². The fourth-order valence-corrected chi connectivity index (χ4v) is 1.78. The van der Waals surface area contributed by atoms with Gasteiger partial charge in [-0.2, -0.15) is 5.10 Å². The maximum absolute atomic E-state index is 11.8. The number of carbonyl (C=O) groups excluding carboxylic acids is 1. The molecule has 20 heavy (non-hydrogen) atoms. The van der Waals surface area contributed by atoms with Gasteiger partial charge in [0, 0.05) is 12.4 Å². The molecule has 0 atom stereocenters. The predicted molar refractivity (Wildman–Crippen MR) is 80.4 cm³/mol. The van der Waals surface area contributed by atoms with Gasteiger partial charge in [-0.3, -0.25) is 9.78 Å². The van der Waals surface area contributed by atoms with Crippen molar-refractivity contribution in [1.82, 2.24) is 10.4 Å². The molecule has 1 amide bonds. The lowest BCUT2D eigenvalue weighted by Crippen LogP contribution is -2.19. The molecule has 0 fully saturated rings. The molecule has 0 saturated carbocycles. The standard InChI is InChI=1S/C14H11Cl2N3O/c1-9(10-4-5-12(15)13(16)7-10)18-19-14(20)11-3-2-6-17-8-11/h2-8H,1H3,(H,19,20)/b18-9+. The third-order valence-corrected chi connectivity index (χ3v) is 3.33. The molecular formula is C14H11Cl2N3O. The Kier molecular flexibility index (Phi) is 4.71. The number of hydrogen-bond acceptors (Lipinski definition) is 3. The predicted octanol–water partition coefficient (Wildman–Crippen LogP) is 3.54. The Balaban J connectivity index is 2.11. The van der Waals surface area contributed by atoms with Gasteiger partial charge < -0.3 is 0 Å². The summed E-state index contributed by atoms with van der Waals surface area (Å²) in [5, 5.41) is 4.95. The first-order chi connectivity index (χ1) is 9.58. The Labute approximate surface area is 126 Å². The minimum Gasteiger partial charge on any atom is -0.267 e. The van der Waals surface area contributed by atoms with Gasteiger partial charge in [0.1, 0.15) is 0 Å². The first-order valence-electron chi connectivity index (χ1n) is 5.78. The number of benzene rings is 1. The lowest BCUT2D eigenvalue weighted by atomic mass is 10.1. The topological polar surface area (TPSA) is 54.4 Å². The average molecular weight is 308 g/mol. The Hall–Kier alpha value is -1.91. The van der Waals surface area contributed by atoms with Gasteiger partial charge in [0.2, 0.25) is 0 Å². The second kappa shape index (κ2) is 6.50. The molecule has 0 saturated heterocycles. The van der Waals surface area contributed by atoms with E-state index in [0.29, 0.717) is 21.3 Å². The number of aromatic nitrogens is 1. The number of rotatable bonds is 3. The third-order valence-electron chi connectivity index (χ3n) is 2.59. The Morgan fingerprint density at radius 3 is 2.65 bits per heavy atom. The zero-order valence-electron chi connectivity index (χ0n) is 10.6. The van der Waals surface area contributed by atoms with E-state index in [1.807, 2.05) is 0 Å². The van der Waals surface area contributed by atoms with Crippen LogP contribution in [0.25, 0.3) is 0 Å². The molecule has 0 bridgehead atoms. The molecule has 1 heterocycles. The van der Waals surface area contributed by atoms with Gasteiger partial charge in [0.25, 0.3) is 5.91 Å². The molecule has 2 rings (SSSR count). The first kappa shape index (κ1) is 14.5. The summed E-state index contributed by atoms with van der Waals surface area (Å²) >= 11 is 11.8. The SMILES string of the molecule is C/C(=N\NC(=O)c1cccnc1)c1ccc(Cl)c(Cl)c1. The lowest BCUT2D eigenvalue weighted by molar-refractivity contribution is 0.0954. The lowest BCUT2D eigenvalue weighted by Gasteiger charge is -2.04. The zero-order chi connectivity index (χ0) is 14.5. The fraction of sp³-hybridized carbons (Fsp3) is 0.0714. The van der Waals surface area contributed by atoms with Crippen molar-refractivity contribution < 1.29 is 4.79 Å². The van der Waals surface area contributed by atoms with Crippen LogP contribution in [0.1, 0.15) is 22.8 Å². The molecule has 6 heteroatoms. The summed E-state index contributed by atoms with van der Waals surface area (Å²) in [5.41, 5.74) is 4.32. The monoisotopic (exact) mass is 307 g/mol. The highest BCUT2D eigenvalue weighted by molar-refractivity contribution is 6.42. The van der Waals surface area contributed by atoms with Crippen LogP contribution in [0.4, 0.5) is 0 Å². The minimum absolute atomic E-state index is 0.322. The van der Waals surface area contributed by atoms with Gasteiger partial charge in [0.15, 0.2) is 0 Å². The molecule has 0 unspecified atom stereocenters. The summed E-state index contributed by atoms with van der Waals surface area (Å²) in [5.74, 6) is -0.322. The molecule has 0 aliphatic rings. The van der Waals surface area contributed by atoms with Crippen molar-refractivity contribution in [1.29, 1.82) is 0 Å². The van der Waals surface area contributed by atoms with Crippen LogP contribution in [0.3, 0.4) is 0 Å². The highest BCUT2D eigenvalue weighted by Gasteiger charge is 2.05. The molecular weight excluding hydrogens is 297 g/mol. The summed E-state index contributed by atoms with van der Waals surface area (Å²) < 4.78 is 0. The molecule has 102 valence electrons. The van der Waals surface area contributed by atoms with Crippen LogP contribution in [0, 0.1) is 0 Å². The van der Waals surface area contributed by atoms with Crippen molar-refractivity contribution in [2.24, 2.45) is 5.10 Å². The zero-order valence-corrected chi connectivity index (χ0v) is 12.1. The quantitative estimate of drug-likeness (QED) is 0.696. The minimum atomic E-state index is -0.322. The van der Waals surface area contributed by atoms with Crippen molar-refractivity contribution in [3.05, 3.63) is 63.9 Å². The van der Waals surface area contributed by atoms with E-state index in [1.54, 1.807) is 43.5 Å². The van der Waals surface area contributed by atoms with E-state index >= 15 is 0 Å². The average Bonchev–Trinajstić information content (AvgIpc) is 2.48. The fourth-order valence-electron chi connectivity index (χ4n) is 1.48. The smallest absolute Gasteiger partial charge is 0.267 e. The van der Waals surface area contributed by atoms with Crippen molar-refractivity contribution in [2.75, 3.05) is 0 Å². The van der Waals surface area contributed by atoms with Crippen molar-refractivity contribution in [3.8, 4) is 0 Å². The van der Waals surface area contributed by atoms with Crippen LogP contribution in [-0.2, 0) is 0 Å². The number of nitrogens with one attached hydrogen (secondary N) is 1. The summed E-state index contributed by atoms with van der Waals surface area (Å²) in [6.45, 7) is 1.77. The van der Waals surface area contributed by atoms with E-state index in [2.05, 4.69) is 15.5 Å². The molecule has 2 aromatic rings. The summed E-state index contributed by atoms with van der Waals surface area (Å²) in [6, 6.07) is 8.50. The first-order valence-corrected chi connectivity index (χ1v) is 6.53. The van der Waals surface area contributed by atoms with Crippen molar-refractivity contribution in [3.63, 3.8) is 0 Å². The Morgan fingerprint density at radius 2 is 2.00 bits per heavy atom. The number of amides is 1. The highest BCUT2D eigenvalue weighted by atomic mass is 35.5.